The van der Waals surface area contributed by atoms with Crippen molar-refractivity contribution < 1.29 is 9.53 Å². The Morgan fingerprint density at radius 1 is 1.18 bits per heavy atom. The molecule has 1 aromatic carbocycles. The molecule has 3 aromatic rings. The maximum atomic E-state index is 12.5. The van der Waals surface area contributed by atoms with E-state index >= 15 is 0 Å². The van der Waals surface area contributed by atoms with Crippen LogP contribution >= 0.6 is 0 Å². The van der Waals surface area contributed by atoms with Gasteiger partial charge in [0.05, 0.1) is 7.11 Å². The average Bonchev–Trinajstić information content (AvgIpc) is 3.30. The molecule has 0 spiro atoms. The number of carbonyl (C=O) groups is 1. The number of likely N-dealkylation sites (tertiary alicyclic amines) is 1. The van der Waals surface area contributed by atoms with E-state index in [1.807, 2.05) is 36.7 Å². The molecule has 2 N–H and O–H groups in total. The van der Waals surface area contributed by atoms with Gasteiger partial charge in [-0.05, 0) is 50.2 Å². The molecule has 0 bridgehead atoms. The number of hydrogen-bond donors (Lipinski definition) is 2. The Morgan fingerprint density at radius 3 is 2.42 bits per heavy atom. The standard InChI is InChI=1S/C25H32N6O2/c1-16(2)23-27-13-17(14-28-23)15-31-11-9-19(10-12-31)24-29-21(22(30-24)25(32)26-3)18-5-7-20(33-4)8-6-18/h5-8,13-14,16,19H,9-12,15H2,1-4H3,(H,26,32)(H,29,30). The van der Waals surface area contributed by atoms with Crippen LogP contribution in [0.2, 0.25) is 0 Å². The van der Waals surface area contributed by atoms with Gasteiger partial charge in [0.25, 0.3) is 5.91 Å². The van der Waals surface area contributed by atoms with Crippen LogP contribution in [0.3, 0.4) is 0 Å². The van der Waals surface area contributed by atoms with Gasteiger partial charge >= 0.3 is 0 Å². The maximum Gasteiger partial charge on any atom is 0.269 e. The molecule has 1 saturated heterocycles. The van der Waals surface area contributed by atoms with E-state index in [1.54, 1.807) is 14.2 Å². The number of benzene rings is 1. The number of nitrogens with zero attached hydrogens (tertiary/aromatic N) is 4. The van der Waals surface area contributed by atoms with E-state index in [4.69, 9.17) is 9.72 Å². The summed E-state index contributed by atoms with van der Waals surface area (Å²) in [7, 11) is 3.27. The zero-order valence-corrected chi connectivity index (χ0v) is 19.8. The number of methoxy groups -OCH3 is 1. The number of aromatic nitrogens is 4. The first kappa shape index (κ1) is 22.9. The van der Waals surface area contributed by atoms with Crippen molar-refractivity contribution in [2.75, 3.05) is 27.2 Å². The summed E-state index contributed by atoms with van der Waals surface area (Å²) in [5, 5.41) is 2.72. The van der Waals surface area contributed by atoms with E-state index in [1.165, 1.54) is 0 Å². The number of amides is 1. The molecule has 1 aliphatic rings. The summed E-state index contributed by atoms with van der Waals surface area (Å²) in [5.74, 6) is 3.00. The number of rotatable bonds is 7. The number of aromatic amines is 1. The maximum absolute atomic E-state index is 12.5. The van der Waals surface area contributed by atoms with Crippen LogP contribution in [-0.4, -0.2) is 58.0 Å². The van der Waals surface area contributed by atoms with Gasteiger partial charge < -0.3 is 15.0 Å². The van der Waals surface area contributed by atoms with Gasteiger partial charge in [-0.25, -0.2) is 15.0 Å². The molecule has 4 rings (SSSR count). The Labute approximate surface area is 194 Å². The minimum absolute atomic E-state index is 0.165. The van der Waals surface area contributed by atoms with Gasteiger partial charge in [-0.3, -0.25) is 9.69 Å². The Kier molecular flexibility index (Phi) is 7.03. The summed E-state index contributed by atoms with van der Waals surface area (Å²) in [6, 6.07) is 7.63. The molecule has 1 aliphatic heterocycles. The molecule has 0 saturated carbocycles. The molecule has 1 fully saturated rings. The van der Waals surface area contributed by atoms with Crippen molar-refractivity contribution in [1.82, 2.24) is 30.2 Å². The summed E-state index contributed by atoms with van der Waals surface area (Å²) in [5.41, 5.74) is 3.21. The summed E-state index contributed by atoms with van der Waals surface area (Å²) < 4.78 is 5.25. The SMILES string of the molecule is CNC(=O)c1[nH]c(C2CCN(Cc3cnc(C(C)C)nc3)CC2)nc1-c1ccc(OC)cc1. The first-order chi connectivity index (χ1) is 16.0. The van der Waals surface area contributed by atoms with Crippen molar-refractivity contribution >= 4 is 5.91 Å². The van der Waals surface area contributed by atoms with Crippen molar-refractivity contribution in [3.63, 3.8) is 0 Å². The summed E-state index contributed by atoms with van der Waals surface area (Å²) in [4.78, 5) is 32.1. The van der Waals surface area contributed by atoms with Crippen molar-refractivity contribution in [2.24, 2.45) is 0 Å². The highest BCUT2D eigenvalue weighted by Crippen LogP contribution is 2.31. The molecule has 8 nitrogen and oxygen atoms in total. The minimum atomic E-state index is -0.165. The topological polar surface area (TPSA) is 96.0 Å². The van der Waals surface area contributed by atoms with Crippen LogP contribution in [0.5, 0.6) is 5.75 Å². The highest BCUT2D eigenvalue weighted by molar-refractivity contribution is 5.98. The van der Waals surface area contributed by atoms with Gasteiger partial charge in [0.2, 0.25) is 0 Å². The third kappa shape index (κ3) is 5.22. The third-order valence-corrected chi connectivity index (χ3v) is 6.16. The first-order valence-corrected chi connectivity index (χ1v) is 11.5. The second-order valence-corrected chi connectivity index (χ2v) is 8.81. The van der Waals surface area contributed by atoms with Gasteiger partial charge in [0, 0.05) is 48.9 Å². The molecule has 2 aromatic heterocycles. The Bertz CT molecular complexity index is 1070. The van der Waals surface area contributed by atoms with Crippen LogP contribution in [0.25, 0.3) is 11.3 Å². The lowest BCUT2D eigenvalue weighted by molar-refractivity contribution is 0.0959. The van der Waals surface area contributed by atoms with E-state index in [0.29, 0.717) is 17.3 Å². The van der Waals surface area contributed by atoms with Crippen LogP contribution in [0, 0.1) is 0 Å². The predicted molar refractivity (Wildman–Crippen MR) is 127 cm³/mol. The lowest BCUT2D eigenvalue weighted by atomic mass is 9.96. The van der Waals surface area contributed by atoms with Crippen molar-refractivity contribution in [3.05, 3.63) is 59.6 Å². The Balaban J connectivity index is 1.45. The van der Waals surface area contributed by atoms with Crippen LogP contribution < -0.4 is 10.1 Å². The van der Waals surface area contributed by atoms with E-state index < -0.39 is 0 Å². The molecule has 3 heterocycles. The number of imidazole rings is 1. The van der Waals surface area contributed by atoms with Crippen LogP contribution in [0.4, 0.5) is 0 Å². The largest absolute Gasteiger partial charge is 0.497 e. The van der Waals surface area contributed by atoms with Gasteiger partial charge in [-0.1, -0.05) is 13.8 Å². The molecular formula is C25H32N6O2. The second-order valence-electron chi connectivity index (χ2n) is 8.81. The van der Waals surface area contributed by atoms with Crippen LogP contribution in [0.1, 0.15) is 66.2 Å². The fraction of sp³-hybridized carbons (Fsp3) is 0.440. The number of hydrogen-bond acceptors (Lipinski definition) is 6. The third-order valence-electron chi connectivity index (χ3n) is 6.16. The molecule has 174 valence electrons. The number of ether oxygens (including phenoxy) is 1. The van der Waals surface area contributed by atoms with Gasteiger partial charge in [-0.15, -0.1) is 0 Å². The minimum Gasteiger partial charge on any atom is -0.497 e. The van der Waals surface area contributed by atoms with Crippen LogP contribution in [-0.2, 0) is 6.54 Å². The van der Waals surface area contributed by atoms with Gasteiger partial charge in [0.15, 0.2) is 0 Å². The quantitative estimate of drug-likeness (QED) is 0.572. The highest BCUT2D eigenvalue weighted by Gasteiger charge is 2.26. The lowest BCUT2D eigenvalue weighted by Gasteiger charge is -2.31. The normalized spacial score (nSPS) is 15.1. The molecule has 8 heteroatoms. The summed E-state index contributed by atoms with van der Waals surface area (Å²) >= 11 is 0. The Hall–Kier alpha value is -3.26. The van der Waals surface area contributed by atoms with E-state index in [0.717, 1.165) is 61.0 Å². The van der Waals surface area contributed by atoms with E-state index in [9.17, 15) is 4.79 Å². The summed E-state index contributed by atoms with van der Waals surface area (Å²) in [6.07, 6.45) is 5.84. The summed E-state index contributed by atoms with van der Waals surface area (Å²) in [6.45, 7) is 6.98. The fourth-order valence-corrected chi connectivity index (χ4v) is 4.20. The molecule has 0 radical (unpaired) electrons. The zero-order chi connectivity index (χ0) is 23.4. The number of carbonyl (C=O) groups excluding carboxylic acids is 1. The number of H-pyrrole nitrogens is 1. The smallest absolute Gasteiger partial charge is 0.269 e. The molecule has 1 amide bonds. The molecule has 0 unspecified atom stereocenters. The second kappa shape index (κ2) is 10.1. The number of nitrogens with one attached hydrogen (secondary N) is 2. The zero-order valence-electron chi connectivity index (χ0n) is 19.8. The highest BCUT2D eigenvalue weighted by atomic mass is 16.5. The number of piperidine rings is 1. The van der Waals surface area contributed by atoms with Crippen LogP contribution in [0.15, 0.2) is 36.7 Å². The first-order valence-electron chi connectivity index (χ1n) is 11.5. The van der Waals surface area contributed by atoms with E-state index in [2.05, 4.69) is 39.0 Å². The van der Waals surface area contributed by atoms with Crippen molar-refractivity contribution in [1.29, 1.82) is 0 Å². The van der Waals surface area contributed by atoms with Crippen molar-refractivity contribution in [3.8, 4) is 17.0 Å². The van der Waals surface area contributed by atoms with Gasteiger partial charge in [0.1, 0.15) is 28.8 Å². The molecular weight excluding hydrogens is 416 g/mol. The Morgan fingerprint density at radius 2 is 1.85 bits per heavy atom. The van der Waals surface area contributed by atoms with Gasteiger partial charge in [-0.2, -0.15) is 0 Å². The average molecular weight is 449 g/mol. The van der Waals surface area contributed by atoms with Crippen molar-refractivity contribution in [2.45, 2.75) is 45.1 Å². The fourth-order valence-electron chi connectivity index (χ4n) is 4.20. The molecule has 0 aliphatic carbocycles. The predicted octanol–water partition coefficient (Wildman–Crippen LogP) is 3.74. The lowest BCUT2D eigenvalue weighted by Crippen LogP contribution is -2.33. The molecule has 33 heavy (non-hydrogen) atoms. The molecule has 0 atom stereocenters. The monoisotopic (exact) mass is 448 g/mol. The van der Waals surface area contributed by atoms with E-state index in [-0.39, 0.29) is 11.8 Å².